The van der Waals surface area contributed by atoms with Gasteiger partial charge in [-0.25, -0.2) is 4.79 Å². The Morgan fingerprint density at radius 2 is 1.80 bits per heavy atom. The molecule has 162 valence electrons. The van der Waals surface area contributed by atoms with Crippen LogP contribution in [0.3, 0.4) is 0 Å². The molecular formula is C24H33N3O3. The van der Waals surface area contributed by atoms with Gasteiger partial charge in [-0.3, -0.25) is 14.5 Å². The largest absolute Gasteiger partial charge is 0.336 e. The number of nitrogens with one attached hydrogen (secondary N) is 1. The van der Waals surface area contributed by atoms with E-state index in [0.717, 1.165) is 45.1 Å². The number of likely N-dealkylation sites (tertiary alicyclic amines) is 1. The van der Waals surface area contributed by atoms with Crippen molar-refractivity contribution in [2.24, 2.45) is 0 Å². The van der Waals surface area contributed by atoms with Crippen molar-refractivity contribution in [2.45, 2.75) is 89.8 Å². The highest BCUT2D eigenvalue weighted by Gasteiger charge is 2.42. The van der Waals surface area contributed by atoms with Crippen LogP contribution in [0.4, 0.5) is 4.79 Å². The zero-order valence-corrected chi connectivity index (χ0v) is 18.2. The summed E-state index contributed by atoms with van der Waals surface area (Å²) >= 11 is 0. The van der Waals surface area contributed by atoms with E-state index >= 15 is 0 Å². The van der Waals surface area contributed by atoms with Crippen molar-refractivity contribution >= 4 is 17.8 Å². The van der Waals surface area contributed by atoms with Crippen molar-refractivity contribution in [3.8, 4) is 0 Å². The zero-order chi connectivity index (χ0) is 21.3. The van der Waals surface area contributed by atoms with Gasteiger partial charge in [0.05, 0.1) is 6.04 Å². The van der Waals surface area contributed by atoms with Crippen LogP contribution in [0.2, 0.25) is 0 Å². The first-order valence-electron chi connectivity index (χ1n) is 11.5. The maximum Gasteiger partial charge on any atom is 0.325 e. The van der Waals surface area contributed by atoms with E-state index in [1.165, 1.54) is 28.0 Å². The van der Waals surface area contributed by atoms with Gasteiger partial charge in [-0.2, -0.15) is 0 Å². The summed E-state index contributed by atoms with van der Waals surface area (Å²) in [6, 6.07) is 5.74. The molecule has 3 fully saturated rings. The molecule has 1 N–H and O–H groups in total. The molecular weight excluding hydrogens is 378 g/mol. The lowest BCUT2D eigenvalue weighted by Gasteiger charge is -2.28. The number of hydrogen-bond donors (Lipinski definition) is 1. The fourth-order valence-corrected chi connectivity index (χ4v) is 5.22. The first-order valence-corrected chi connectivity index (χ1v) is 11.5. The minimum absolute atomic E-state index is 0.0275. The molecule has 1 saturated carbocycles. The molecule has 2 saturated heterocycles. The Morgan fingerprint density at radius 1 is 1.03 bits per heavy atom. The Labute approximate surface area is 179 Å². The average molecular weight is 412 g/mol. The third-order valence-corrected chi connectivity index (χ3v) is 7.13. The number of urea groups is 1. The van der Waals surface area contributed by atoms with Crippen molar-refractivity contribution in [1.82, 2.24) is 15.1 Å². The highest BCUT2D eigenvalue weighted by molar-refractivity contribution is 6.04. The van der Waals surface area contributed by atoms with Gasteiger partial charge in [0, 0.05) is 19.0 Å². The average Bonchev–Trinajstić information content (AvgIpc) is 3.33. The van der Waals surface area contributed by atoms with Crippen LogP contribution >= 0.6 is 0 Å². The maximum absolute atomic E-state index is 13.0. The molecule has 4 rings (SSSR count). The fourth-order valence-electron chi connectivity index (χ4n) is 5.22. The molecule has 0 radical (unpaired) electrons. The number of carbonyl (C=O) groups excluding carboxylic acids is 3. The summed E-state index contributed by atoms with van der Waals surface area (Å²) in [5.41, 5.74) is 3.69. The SMILES string of the molecule is Cc1ccc([C@H]2CCCN2C(=O)CC[C@@H]2NC(=O)N(C3CCCCC3)C2=O)cc1C. The van der Waals surface area contributed by atoms with E-state index < -0.39 is 6.04 Å². The standard InChI is InChI=1S/C24H33N3O3/c1-16-10-11-18(15-17(16)2)21-9-6-14-26(21)22(28)13-12-20-23(29)27(24(30)25-20)19-7-4-3-5-8-19/h10-11,15,19-21H,3-9,12-14H2,1-2H3,(H,25,30)/t20-,21+/m0/s1. The maximum atomic E-state index is 13.0. The van der Waals surface area contributed by atoms with Gasteiger partial charge in [-0.1, -0.05) is 37.5 Å². The molecule has 0 bridgehead atoms. The third-order valence-electron chi connectivity index (χ3n) is 7.13. The van der Waals surface area contributed by atoms with Crippen molar-refractivity contribution in [3.63, 3.8) is 0 Å². The number of benzene rings is 1. The molecule has 1 aliphatic carbocycles. The van der Waals surface area contributed by atoms with Gasteiger partial charge >= 0.3 is 6.03 Å². The van der Waals surface area contributed by atoms with E-state index in [4.69, 9.17) is 0 Å². The lowest BCUT2D eigenvalue weighted by atomic mass is 9.94. The monoisotopic (exact) mass is 411 g/mol. The molecule has 30 heavy (non-hydrogen) atoms. The van der Waals surface area contributed by atoms with Gasteiger partial charge in [0.1, 0.15) is 6.04 Å². The van der Waals surface area contributed by atoms with Gasteiger partial charge in [0.25, 0.3) is 5.91 Å². The summed E-state index contributed by atoms with van der Waals surface area (Å²) in [5, 5.41) is 2.82. The summed E-state index contributed by atoms with van der Waals surface area (Å²) in [5.74, 6) is -0.0688. The molecule has 1 aromatic carbocycles. The minimum Gasteiger partial charge on any atom is -0.336 e. The van der Waals surface area contributed by atoms with E-state index in [9.17, 15) is 14.4 Å². The van der Waals surface area contributed by atoms with Crippen LogP contribution in [0.25, 0.3) is 0 Å². The van der Waals surface area contributed by atoms with Crippen LogP contribution in [-0.4, -0.2) is 46.3 Å². The van der Waals surface area contributed by atoms with Crippen molar-refractivity contribution in [3.05, 3.63) is 34.9 Å². The third kappa shape index (κ3) is 4.09. The molecule has 0 spiro atoms. The quantitative estimate of drug-likeness (QED) is 0.745. The summed E-state index contributed by atoms with van der Waals surface area (Å²) in [4.78, 5) is 41.6. The van der Waals surface area contributed by atoms with Crippen LogP contribution in [0, 0.1) is 13.8 Å². The number of aryl methyl sites for hydroxylation is 2. The van der Waals surface area contributed by atoms with Crippen LogP contribution < -0.4 is 5.32 Å². The lowest BCUT2D eigenvalue weighted by molar-refractivity contribution is -0.133. The van der Waals surface area contributed by atoms with Gasteiger partial charge in [-0.05, 0) is 62.6 Å². The van der Waals surface area contributed by atoms with Gasteiger partial charge in [-0.15, -0.1) is 0 Å². The molecule has 1 aromatic rings. The Kier molecular flexibility index (Phi) is 6.11. The topological polar surface area (TPSA) is 69.7 Å². The molecule has 0 unspecified atom stereocenters. The van der Waals surface area contributed by atoms with Crippen LogP contribution in [-0.2, 0) is 9.59 Å². The van der Waals surface area contributed by atoms with Crippen molar-refractivity contribution in [2.75, 3.05) is 6.54 Å². The summed E-state index contributed by atoms with van der Waals surface area (Å²) in [6.45, 7) is 4.96. The number of carbonyl (C=O) groups is 3. The van der Waals surface area contributed by atoms with Gasteiger partial charge < -0.3 is 10.2 Å². The summed E-state index contributed by atoms with van der Waals surface area (Å²) in [6.07, 6.45) is 7.75. The molecule has 0 aromatic heterocycles. The molecule has 6 heteroatoms. The van der Waals surface area contributed by atoms with E-state index in [2.05, 4.69) is 37.4 Å². The van der Waals surface area contributed by atoms with E-state index in [0.29, 0.717) is 6.42 Å². The first-order chi connectivity index (χ1) is 14.5. The molecule has 3 aliphatic rings. The number of hydrogen-bond acceptors (Lipinski definition) is 3. The molecule has 2 heterocycles. The second-order valence-corrected chi connectivity index (χ2v) is 9.13. The zero-order valence-electron chi connectivity index (χ0n) is 18.2. The first kappa shape index (κ1) is 20.9. The van der Waals surface area contributed by atoms with E-state index in [1.54, 1.807) is 0 Å². The number of nitrogens with zero attached hydrogens (tertiary/aromatic N) is 2. The summed E-state index contributed by atoms with van der Waals surface area (Å²) < 4.78 is 0. The van der Waals surface area contributed by atoms with Gasteiger partial charge in [0.2, 0.25) is 5.91 Å². The second kappa shape index (κ2) is 8.78. The van der Waals surface area contributed by atoms with Crippen LogP contribution in [0.15, 0.2) is 18.2 Å². The smallest absolute Gasteiger partial charge is 0.325 e. The van der Waals surface area contributed by atoms with Crippen LogP contribution in [0.5, 0.6) is 0 Å². The molecule has 6 nitrogen and oxygen atoms in total. The highest BCUT2D eigenvalue weighted by Crippen LogP contribution is 2.34. The lowest BCUT2D eigenvalue weighted by Crippen LogP contribution is -2.42. The van der Waals surface area contributed by atoms with Crippen molar-refractivity contribution in [1.29, 1.82) is 0 Å². The minimum atomic E-state index is -0.564. The Morgan fingerprint density at radius 3 is 2.53 bits per heavy atom. The number of rotatable bonds is 5. The Bertz CT molecular complexity index is 831. The number of imide groups is 1. The Hall–Kier alpha value is -2.37. The predicted molar refractivity (Wildman–Crippen MR) is 115 cm³/mol. The van der Waals surface area contributed by atoms with Crippen LogP contribution in [0.1, 0.15) is 80.5 Å². The normalized spacial score (nSPS) is 25.1. The molecule has 2 atom stereocenters. The highest BCUT2D eigenvalue weighted by atomic mass is 16.2. The summed E-state index contributed by atoms with van der Waals surface area (Å²) in [7, 11) is 0. The predicted octanol–water partition coefficient (Wildman–Crippen LogP) is 4.00. The fraction of sp³-hybridized carbons (Fsp3) is 0.625. The van der Waals surface area contributed by atoms with Crippen molar-refractivity contribution < 1.29 is 14.4 Å². The number of amides is 4. The Balaban J connectivity index is 1.36. The molecule has 4 amide bonds. The van der Waals surface area contributed by atoms with E-state index in [1.807, 2.05) is 4.90 Å². The molecule has 2 aliphatic heterocycles. The second-order valence-electron chi connectivity index (χ2n) is 9.13. The van der Waals surface area contributed by atoms with E-state index in [-0.39, 0.29) is 36.3 Å². The van der Waals surface area contributed by atoms with Gasteiger partial charge in [0.15, 0.2) is 0 Å².